The van der Waals surface area contributed by atoms with Crippen LogP contribution in [0.4, 0.5) is 15.5 Å². The van der Waals surface area contributed by atoms with Crippen molar-refractivity contribution in [3.05, 3.63) is 45.8 Å². The van der Waals surface area contributed by atoms with Crippen LogP contribution >= 0.6 is 22.9 Å². The number of nitrogens with one attached hydrogen (secondary N) is 2. The molecule has 0 unspecified atom stereocenters. The molecule has 1 saturated heterocycles. The molecule has 0 spiro atoms. The number of hydrogen-bond donors (Lipinski definition) is 2. The van der Waals surface area contributed by atoms with Crippen LogP contribution < -0.4 is 10.6 Å². The van der Waals surface area contributed by atoms with Gasteiger partial charge >= 0.3 is 6.03 Å². The number of nitrogens with zero attached hydrogens (tertiary/aromatic N) is 1. The highest BCUT2D eigenvalue weighted by molar-refractivity contribution is 7.16. The molecule has 2 aliphatic rings. The number of fused-ring (bicyclic) bond motifs is 4. The number of thiophene rings is 1. The molecule has 2 aromatic rings. The van der Waals surface area contributed by atoms with Gasteiger partial charge in [-0.3, -0.25) is 10.2 Å². The van der Waals surface area contributed by atoms with E-state index in [1.807, 2.05) is 0 Å². The quantitative estimate of drug-likeness (QED) is 0.824. The molecular formula is C17H18ClN3OS. The Balaban J connectivity index is 1.46. The first-order valence-corrected chi connectivity index (χ1v) is 8.98. The van der Waals surface area contributed by atoms with Crippen LogP contribution in [0.2, 0.25) is 5.02 Å². The highest BCUT2D eigenvalue weighted by atomic mass is 35.5. The van der Waals surface area contributed by atoms with Crippen LogP contribution in [0.3, 0.4) is 0 Å². The first-order valence-electron chi connectivity index (χ1n) is 7.78. The number of amides is 2. The van der Waals surface area contributed by atoms with Crippen LogP contribution in [0.1, 0.15) is 29.3 Å². The van der Waals surface area contributed by atoms with Gasteiger partial charge in [0.25, 0.3) is 0 Å². The smallest absolute Gasteiger partial charge is 0.308 e. The number of carbonyl (C=O) groups is 1. The van der Waals surface area contributed by atoms with E-state index in [1.165, 1.54) is 23.3 Å². The van der Waals surface area contributed by atoms with E-state index in [0.29, 0.717) is 17.1 Å². The Bertz CT molecular complexity index is 743. The van der Waals surface area contributed by atoms with Crippen LogP contribution in [-0.2, 0) is 6.42 Å². The number of benzene rings is 1. The van der Waals surface area contributed by atoms with Gasteiger partial charge in [-0.05, 0) is 62.2 Å². The largest absolute Gasteiger partial charge is 0.324 e. The zero-order valence-corrected chi connectivity index (χ0v) is 14.4. The molecule has 120 valence electrons. The zero-order chi connectivity index (χ0) is 16.0. The fourth-order valence-corrected chi connectivity index (χ4v) is 4.91. The molecule has 1 fully saturated rings. The van der Waals surface area contributed by atoms with Gasteiger partial charge in [-0.15, -0.1) is 11.3 Å². The molecule has 4 nitrogen and oxygen atoms in total. The molecule has 2 atom stereocenters. The third-order valence-electron chi connectivity index (χ3n) is 4.80. The number of hydrogen-bond acceptors (Lipinski definition) is 3. The fraction of sp³-hybridized carbons (Fsp3) is 0.353. The van der Waals surface area contributed by atoms with Gasteiger partial charge in [0, 0.05) is 27.7 Å². The summed E-state index contributed by atoms with van der Waals surface area (Å²) in [6.45, 7) is 0. The molecule has 2 aliphatic heterocycles. The Kier molecular flexibility index (Phi) is 3.79. The van der Waals surface area contributed by atoms with E-state index >= 15 is 0 Å². The first-order chi connectivity index (χ1) is 11.1. The maximum atomic E-state index is 12.1. The summed E-state index contributed by atoms with van der Waals surface area (Å²) in [4.78, 5) is 16.1. The summed E-state index contributed by atoms with van der Waals surface area (Å²) < 4.78 is 0. The lowest BCUT2D eigenvalue weighted by Gasteiger charge is -2.30. The lowest BCUT2D eigenvalue weighted by atomic mass is 10.0. The van der Waals surface area contributed by atoms with Crippen molar-refractivity contribution >= 4 is 39.7 Å². The lowest BCUT2D eigenvalue weighted by Crippen LogP contribution is -2.33. The average Bonchev–Trinajstić information content (AvgIpc) is 3.01. The van der Waals surface area contributed by atoms with Gasteiger partial charge in [-0.2, -0.15) is 0 Å². The van der Waals surface area contributed by atoms with E-state index in [-0.39, 0.29) is 6.03 Å². The van der Waals surface area contributed by atoms with Crippen LogP contribution in [0.25, 0.3) is 0 Å². The molecule has 23 heavy (non-hydrogen) atoms. The Morgan fingerprint density at radius 3 is 2.83 bits per heavy atom. The summed E-state index contributed by atoms with van der Waals surface area (Å²) >= 11 is 7.55. The number of halogens is 1. The highest BCUT2D eigenvalue weighted by Gasteiger charge is 2.38. The minimum atomic E-state index is -0.218. The van der Waals surface area contributed by atoms with E-state index in [2.05, 4.69) is 28.6 Å². The van der Waals surface area contributed by atoms with Crippen LogP contribution in [-0.4, -0.2) is 24.0 Å². The molecule has 1 aromatic heterocycles. The first kappa shape index (κ1) is 15.0. The van der Waals surface area contributed by atoms with Crippen molar-refractivity contribution in [1.29, 1.82) is 0 Å². The molecule has 0 aliphatic carbocycles. The predicted octanol–water partition coefficient (Wildman–Crippen LogP) is 4.74. The molecule has 1 aromatic carbocycles. The monoisotopic (exact) mass is 347 g/mol. The zero-order valence-electron chi connectivity index (χ0n) is 12.8. The summed E-state index contributed by atoms with van der Waals surface area (Å²) in [7, 11) is 2.21. The van der Waals surface area contributed by atoms with E-state index in [1.54, 1.807) is 35.6 Å². The second-order valence-corrected chi connectivity index (χ2v) is 7.76. The number of anilines is 2. The Hall–Kier alpha value is -1.56. The number of rotatable bonds is 2. The van der Waals surface area contributed by atoms with E-state index in [9.17, 15) is 4.79 Å². The number of carbonyl (C=O) groups excluding carboxylic acids is 1. The van der Waals surface area contributed by atoms with Gasteiger partial charge in [0.1, 0.15) is 0 Å². The van der Waals surface area contributed by atoms with Gasteiger partial charge in [-0.1, -0.05) is 11.6 Å². The highest BCUT2D eigenvalue weighted by Crippen LogP contribution is 2.46. The standard InChI is InChI=1S/C17H18ClN3OS/c1-21-12-6-7-14(21)13-9-16(23-15(13)8-12)20-17(22)19-11-4-2-10(18)3-5-11/h2-5,9,12,14H,6-8H2,1H3,(H2,19,20,22)/t12-,14+/m0/s1. The summed E-state index contributed by atoms with van der Waals surface area (Å²) in [5, 5.41) is 7.35. The molecule has 0 radical (unpaired) electrons. The minimum Gasteiger partial charge on any atom is -0.308 e. The predicted molar refractivity (Wildman–Crippen MR) is 95.6 cm³/mol. The normalized spacial score (nSPS) is 22.7. The Morgan fingerprint density at radius 2 is 2.04 bits per heavy atom. The summed E-state index contributed by atoms with van der Waals surface area (Å²) in [5.41, 5.74) is 2.13. The summed E-state index contributed by atoms with van der Waals surface area (Å²) in [5.74, 6) is 0. The van der Waals surface area contributed by atoms with Crippen molar-refractivity contribution in [3.63, 3.8) is 0 Å². The average molecular weight is 348 g/mol. The minimum absolute atomic E-state index is 0.218. The molecule has 4 rings (SSSR count). The van der Waals surface area contributed by atoms with Crippen LogP contribution in [0.5, 0.6) is 0 Å². The van der Waals surface area contributed by atoms with Crippen LogP contribution in [0, 0.1) is 0 Å². The van der Waals surface area contributed by atoms with Crippen molar-refractivity contribution < 1.29 is 4.79 Å². The van der Waals surface area contributed by atoms with Crippen molar-refractivity contribution in [1.82, 2.24) is 4.90 Å². The van der Waals surface area contributed by atoms with Gasteiger partial charge in [0.2, 0.25) is 0 Å². The third kappa shape index (κ3) is 2.84. The maximum Gasteiger partial charge on any atom is 0.324 e. The van der Waals surface area contributed by atoms with Gasteiger partial charge in [0.15, 0.2) is 0 Å². The van der Waals surface area contributed by atoms with Gasteiger partial charge in [-0.25, -0.2) is 4.79 Å². The van der Waals surface area contributed by atoms with E-state index in [0.717, 1.165) is 17.1 Å². The SMILES string of the molecule is CN1[C@H]2CC[C@@H]1c1cc(NC(=O)Nc3ccc(Cl)cc3)sc1C2. The van der Waals surface area contributed by atoms with Crippen molar-refractivity contribution in [2.75, 3.05) is 17.7 Å². The molecule has 2 amide bonds. The molecule has 3 heterocycles. The molecular weight excluding hydrogens is 330 g/mol. The second kappa shape index (κ2) is 5.82. The van der Waals surface area contributed by atoms with E-state index < -0.39 is 0 Å². The Morgan fingerprint density at radius 1 is 1.26 bits per heavy atom. The second-order valence-electron chi connectivity index (χ2n) is 6.19. The topological polar surface area (TPSA) is 44.4 Å². The van der Waals surface area contributed by atoms with E-state index in [4.69, 9.17) is 11.6 Å². The van der Waals surface area contributed by atoms with Gasteiger partial charge < -0.3 is 5.32 Å². The molecule has 6 heteroatoms. The molecule has 2 N–H and O–H groups in total. The summed E-state index contributed by atoms with van der Waals surface area (Å²) in [6.07, 6.45) is 3.61. The lowest BCUT2D eigenvalue weighted by molar-refractivity contribution is 0.227. The van der Waals surface area contributed by atoms with Crippen molar-refractivity contribution in [2.24, 2.45) is 0 Å². The number of likely N-dealkylation sites (N-methyl/N-ethyl adjacent to an activating group) is 1. The van der Waals surface area contributed by atoms with Crippen molar-refractivity contribution in [3.8, 4) is 0 Å². The Labute approximate surface area is 144 Å². The number of urea groups is 1. The maximum absolute atomic E-state index is 12.1. The third-order valence-corrected chi connectivity index (χ3v) is 6.14. The van der Waals surface area contributed by atoms with Crippen LogP contribution in [0.15, 0.2) is 30.3 Å². The molecule has 2 bridgehead atoms. The molecule has 0 saturated carbocycles. The van der Waals surface area contributed by atoms with Crippen molar-refractivity contribution in [2.45, 2.75) is 31.3 Å². The van der Waals surface area contributed by atoms with Gasteiger partial charge in [0.05, 0.1) is 5.00 Å². The fourth-order valence-electron chi connectivity index (χ4n) is 3.60. The summed E-state index contributed by atoms with van der Waals surface area (Å²) in [6, 6.07) is 10.2.